The molecule has 0 atom stereocenters. The van der Waals surface area contributed by atoms with Gasteiger partial charge in [0.2, 0.25) is 10.0 Å². The van der Waals surface area contributed by atoms with Gasteiger partial charge in [-0.25, -0.2) is 8.42 Å². The number of hydrogen-bond donors (Lipinski definition) is 1. The molecule has 156 valence electrons. The summed E-state index contributed by atoms with van der Waals surface area (Å²) in [7, 11) is -3.89. The van der Waals surface area contributed by atoms with Gasteiger partial charge in [0.15, 0.2) is 0 Å². The number of anilines is 1. The number of carbonyl (C=O) groups is 1. The highest BCUT2D eigenvalue weighted by Gasteiger charge is 2.30. The molecule has 3 aromatic rings. The highest BCUT2D eigenvalue weighted by atomic mass is 35.5. The lowest BCUT2D eigenvalue weighted by Gasteiger charge is -2.26. The van der Waals surface area contributed by atoms with Crippen LogP contribution in [0.3, 0.4) is 0 Å². The molecular weight excluding hydrogens is 449 g/mol. The molecule has 7 nitrogen and oxygen atoms in total. The Bertz CT molecular complexity index is 1230. The molecule has 1 fully saturated rings. The van der Waals surface area contributed by atoms with Crippen LogP contribution in [0.1, 0.15) is 10.4 Å². The molecule has 0 bridgehead atoms. The molecule has 2 aromatic carbocycles. The number of carbonyl (C=O) groups excluding carboxylic acids is 1. The standard InChI is InChI=1S/C20H17Cl2N3O4S/c21-16-12-17(22)19(30(27,28)25-6-8-29-9-7-25)11-15(16)20(26)24-14-3-4-18-13(10-14)2-1-5-23-18/h1-5,10-12H,6-9H2,(H,24,26). The minimum absolute atomic E-state index is 0.0131. The number of nitrogens with one attached hydrogen (secondary N) is 1. The number of aromatic nitrogens is 1. The quantitative estimate of drug-likeness (QED) is 0.632. The van der Waals surface area contributed by atoms with Gasteiger partial charge < -0.3 is 10.1 Å². The van der Waals surface area contributed by atoms with E-state index in [-0.39, 0.29) is 33.6 Å². The molecule has 10 heteroatoms. The van der Waals surface area contributed by atoms with E-state index in [1.54, 1.807) is 30.5 Å². The van der Waals surface area contributed by atoms with E-state index in [4.69, 9.17) is 27.9 Å². The maximum Gasteiger partial charge on any atom is 0.257 e. The van der Waals surface area contributed by atoms with E-state index in [2.05, 4.69) is 10.3 Å². The van der Waals surface area contributed by atoms with E-state index in [0.29, 0.717) is 18.9 Å². The number of halogens is 2. The van der Waals surface area contributed by atoms with E-state index >= 15 is 0 Å². The zero-order valence-corrected chi connectivity index (χ0v) is 18.0. The minimum Gasteiger partial charge on any atom is -0.379 e. The van der Waals surface area contributed by atoms with Gasteiger partial charge in [-0.05, 0) is 36.4 Å². The molecular formula is C20H17Cl2N3O4S. The third-order valence-corrected chi connectivity index (χ3v) is 7.39. The van der Waals surface area contributed by atoms with E-state index in [0.717, 1.165) is 10.9 Å². The van der Waals surface area contributed by atoms with Gasteiger partial charge in [0.05, 0.1) is 34.3 Å². The smallest absolute Gasteiger partial charge is 0.257 e. The number of nitrogens with zero attached hydrogens (tertiary/aromatic N) is 2. The Morgan fingerprint density at radius 1 is 1.07 bits per heavy atom. The van der Waals surface area contributed by atoms with Crippen molar-refractivity contribution in [2.24, 2.45) is 0 Å². The molecule has 30 heavy (non-hydrogen) atoms. The first-order valence-electron chi connectivity index (χ1n) is 9.09. The van der Waals surface area contributed by atoms with Gasteiger partial charge in [0, 0.05) is 30.4 Å². The Labute approximate surface area is 183 Å². The topological polar surface area (TPSA) is 88.6 Å². The van der Waals surface area contributed by atoms with Crippen molar-refractivity contribution in [3.63, 3.8) is 0 Å². The minimum atomic E-state index is -3.89. The lowest BCUT2D eigenvalue weighted by atomic mass is 10.1. The summed E-state index contributed by atoms with van der Waals surface area (Å²) < 4.78 is 32.5. The average Bonchev–Trinajstić information content (AvgIpc) is 2.74. The van der Waals surface area contributed by atoms with Gasteiger partial charge in [0.25, 0.3) is 5.91 Å². The number of sulfonamides is 1. The van der Waals surface area contributed by atoms with Crippen LogP contribution in [0.2, 0.25) is 10.0 Å². The summed E-state index contributed by atoms with van der Waals surface area (Å²) in [6.45, 7) is 1.03. The van der Waals surface area contributed by atoms with Crippen LogP contribution >= 0.6 is 23.2 Å². The van der Waals surface area contributed by atoms with Crippen molar-refractivity contribution in [2.45, 2.75) is 4.90 Å². The van der Waals surface area contributed by atoms with Crippen LogP contribution in [0.25, 0.3) is 10.9 Å². The number of pyridine rings is 1. The average molecular weight is 466 g/mol. The van der Waals surface area contributed by atoms with Gasteiger partial charge >= 0.3 is 0 Å². The summed E-state index contributed by atoms with van der Waals surface area (Å²) in [5.41, 5.74) is 1.34. The predicted octanol–water partition coefficient (Wildman–Crippen LogP) is 3.81. The van der Waals surface area contributed by atoms with Crippen molar-refractivity contribution in [3.05, 3.63) is 64.3 Å². The Kier molecular flexibility index (Phi) is 5.95. The van der Waals surface area contributed by atoms with Gasteiger partial charge in [-0.2, -0.15) is 4.31 Å². The Morgan fingerprint density at radius 3 is 2.60 bits per heavy atom. The second-order valence-corrected chi connectivity index (χ2v) is 9.36. The maximum absolute atomic E-state index is 13.0. The summed E-state index contributed by atoms with van der Waals surface area (Å²) in [5, 5.41) is 3.62. The van der Waals surface area contributed by atoms with E-state index in [9.17, 15) is 13.2 Å². The van der Waals surface area contributed by atoms with E-state index < -0.39 is 15.9 Å². The SMILES string of the molecule is O=C(Nc1ccc2ncccc2c1)c1cc(S(=O)(=O)N2CCOCC2)c(Cl)cc1Cl. The highest BCUT2D eigenvalue weighted by Crippen LogP contribution is 2.31. The number of rotatable bonds is 4. The second kappa shape index (κ2) is 8.49. The van der Waals surface area contributed by atoms with Crippen LogP contribution < -0.4 is 5.32 Å². The molecule has 1 aliphatic heterocycles. The Morgan fingerprint density at radius 2 is 1.83 bits per heavy atom. The number of amides is 1. The van der Waals surface area contributed by atoms with Crippen molar-refractivity contribution >= 4 is 55.7 Å². The number of benzene rings is 2. The predicted molar refractivity (Wildman–Crippen MR) is 116 cm³/mol. The lowest BCUT2D eigenvalue weighted by Crippen LogP contribution is -2.40. The Hall–Kier alpha value is -2.23. The van der Waals surface area contributed by atoms with Crippen LogP contribution in [-0.4, -0.2) is 49.9 Å². The van der Waals surface area contributed by atoms with Crippen LogP contribution in [0, 0.1) is 0 Å². The van der Waals surface area contributed by atoms with Gasteiger partial charge in [-0.3, -0.25) is 9.78 Å². The third kappa shape index (κ3) is 4.14. The van der Waals surface area contributed by atoms with Crippen molar-refractivity contribution < 1.29 is 17.9 Å². The molecule has 4 rings (SSSR count). The first-order chi connectivity index (χ1) is 14.4. The number of ether oxygens (including phenoxy) is 1. The largest absolute Gasteiger partial charge is 0.379 e. The molecule has 0 unspecified atom stereocenters. The Balaban J connectivity index is 1.66. The van der Waals surface area contributed by atoms with Gasteiger partial charge in [0.1, 0.15) is 4.90 Å². The fraction of sp³-hybridized carbons (Fsp3) is 0.200. The normalized spacial score (nSPS) is 15.3. The summed E-state index contributed by atoms with van der Waals surface area (Å²) >= 11 is 12.4. The van der Waals surface area contributed by atoms with Crippen LogP contribution in [0.5, 0.6) is 0 Å². The van der Waals surface area contributed by atoms with Crippen molar-refractivity contribution in [2.75, 3.05) is 31.6 Å². The summed E-state index contributed by atoms with van der Waals surface area (Å²) in [6.07, 6.45) is 1.69. The number of fused-ring (bicyclic) bond motifs is 1. The van der Waals surface area contributed by atoms with Crippen molar-refractivity contribution in [1.29, 1.82) is 0 Å². The van der Waals surface area contributed by atoms with Crippen LogP contribution in [0.15, 0.2) is 53.6 Å². The monoisotopic (exact) mass is 465 g/mol. The molecule has 1 amide bonds. The zero-order valence-electron chi connectivity index (χ0n) is 15.6. The molecule has 0 spiro atoms. The summed E-state index contributed by atoms with van der Waals surface area (Å²) in [6, 6.07) is 11.4. The fourth-order valence-electron chi connectivity index (χ4n) is 3.18. The molecule has 0 aliphatic carbocycles. The molecule has 2 heterocycles. The van der Waals surface area contributed by atoms with Crippen LogP contribution in [0.4, 0.5) is 5.69 Å². The molecule has 1 aliphatic rings. The molecule has 0 saturated carbocycles. The summed E-state index contributed by atoms with van der Waals surface area (Å²) in [4.78, 5) is 16.9. The summed E-state index contributed by atoms with van der Waals surface area (Å²) in [5.74, 6) is -0.543. The number of morpholine rings is 1. The molecule has 1 N–H and O–H groups in total. The van der Waals surface area contributed by atoms with Gasteiger partial charge in [-0.1, -0.05) is 29.3 Å². The lowest BCUT2D eigenvalue weighted by molar-refractivity contribution is 0.0730. The first-order valence-corrected chi connectivity index (χ1v) is 11.3. The molecule has 1 saturated heterocycles. The van der Waals surface area contributed by atoms with Gasteiger partial charge in [-0.15, -0.1) is 0 Å². The van der Waals surface area contributed by atoms with Crippen molar-refractivity contribution in [1.82, 2.24) is 9.29 Å². The maximum atomic E-state index is 13.0. The fourth-order valence-corrected chi connectivity index (χ4v) is 5.42. The van der Waals surface area contributed by atoms with Crippen molar-refractivity contribution in [3.8, 4) is 0 Å². The second-order valence-electron chi connectivity index (χ2n) is 6.64. The van der Waals surface area contributed by atoms with E-state index in [1.165, 1.54) is 16.4 Å². The molecule has 1 aromatic heterocycles. The third-order valence-electron chi connectivity index (χ3n) is 4.71. The zero-order chi connectivity index (χ0) is 21.3. The van der Waals surface area contributed by atoms with Crippen LogP contribution in [-0.2, 0) is 14.8 Å². The highest BCUT2D eigenvalue weighted by molar-refractivity contribution is 7.89. The first kappa shape index (κ1) is 21.0. The van der Waals surface area contributed by atoms with E-state index in [1.807, 2.05) is 6.07 Å². The number of hydrogen-bond acceptors (Lipinski definition) is 5. The molecule has 0 radical (unpaired) electrons.